The highest BCUT2D eigenvalue weighted by Gasteiger charge is 2.36. The molecule has 14 heavy (non-hydrogen) atoms. The second kappa shape index (κ2) is 3.59. The van der Waals surface area contributed by atoms with Crippen molar-refractivity contribution in [3.8, 4) is 0 Å². The van der Waals surface area contributed by atoms with Gasteiger partial charge in [0.25, 0.3) is 0 Å². The van der Waals surface area contributed by atoms with Crippen LogP contribution in [0.3, 0.4) is 0 Å². The number of hydrogen-bond donors (Lipinski definition) is 0. The second-order valence-corrected chi connectivity index (χ2v) is 3.94. The Morgan fingerprint density at radius 1 is 1.57 bits per heavy atom. The van der Waals surface area contributed by atoms with Gasteiger partial charge in [-0.1, -0.05) is 12.1 Å². The van der Waals surface area contributed by atoms with Crippen LogP contribution in [0, 0.1) is 5.92 Å². The van der Waals surface area contributed by atoms with Gasteiger partial charge in [0.15, 0.2) is 0 Å². The molecule has 0 radical (unpaired) electrons. The van der Waals surface area contributed by atoms with E-state index in [1.807, 2.05) is 12.1 Å². The minimum atomic E-state index is 0.336. The Morgan fingerprint density at radius 3 is 2.93 bits per heavy atom. The molecular weight excluding hydrogens is 178 g/mol. The first-order chi connectivity index (χ1) is 6.74. The standard InChI is InChI=1S/C10H17N3O/c1-4-8-7(2)11-13(3)10(8)9-5-6-14-12-9/h8,10H,4-6H2,1-3H3. The van der Waals surface area contributed by atoms with Crippen molar-refractivity contribution in [2.24, 2.45) is 16.2 Å². The minimum absolute atomic E-state index is 0.336. The van der Waals surface area contributed by atoms with Crippen molar-refractivity contribution in [3.05, 3.63) is 0 Å². The summed E-state index contributed by atoms with van der Waals surface area (Å²) in [6.45, 7) is 5.03. The summed E-state index contributed by atoms with van der Waals surface area (Å²) < 4.78 is 0. The van der Waals surface area contributed by atoms with Crippen LogP contribution in [-0.2, 0) is 4.84 Å². The lowest BCUT2D eigenvalue weighted by Gasteiger charge is -2.23. The molecule has 2 aliphatic heterocycles. The fraction of sp³-hybridized carbons (Fsp3) is 0.800. The largest absolute Gasteiger partial charge is 0.395 e. The molecule has 0 N–H and O–H groups in total. The molecule has 0 fully saturated rings. The molecule has 2 rings (SSSR count). The van der Waals surface area contributed by atoms with Gasteiger partial charge in [-0.3, -0.25) is 5.01 Å². The third-order valence-electron chi connectivity index (χ3n) is 3.05. The lowest BCUT2D eigenvalue weighted by atomic mass is 9.89. The van der Waals surface area contributed by atoms with E-state index in [0.717, 1.165) is 25.2 Å². The molecule has 0 aromatic carbocycles. The number of hydrazone groups is 1. The molecule has 2 atom stereocenters. The van der Waals surface area contributed by atoms with Crippen LogP contribution >= 0.6 is 0 Å². The molecule has 0 saturated carbocycles. The molecule has 0 spiro atoms. The average Bonchev–Trinajstić information content (AvgIpc) is 2.72. The molecule has 0 amide bonds. The van der Waals surface area contributed by atoms with Crippen LogP contribution in [0.25, 0.3) is 0 Å². The van der Waals surface area contributed by atoms with E-state index in [9.17, 15) is 0 Å². The predicted octanol–water partition coefficient (Wildman–Crippen LogP) is 1.48. The maximum absolute atomic E-state index is 5.06. The van der Waals surface area contributed by atoms with E-state index < -0.39 is 0 Å². The van der Waals surface area contributed by atoms with Crippen molar-refractivity contribution in [2.45, 2.75) is 32.7 Å². The topological polar surface area (TPSA) is 37.2 Å². The summed E-state index contributed by atoms with van der Waals surface area (Å²) in [6.07, 6.45) is 2.07. The molecule has 78 valence electrons. The monoisotopic (exact) mass is 195 g/mol. The highest BCUT2D eigenvalue weighted by molar-refractivity contribution is 5.98. The Hall–Kier alpha value is -1.06. The van der Waals surface area contributed by atoms with E-state index in [0.29, 0.717) is 12.0 Å². The zero-order valence-corrected chi connectivity index (χ0v) is 9.03. The molecule has 0 aromatic heterocycles. The highest BCUT2D eigenvalue weighted by Crippen LogP contribution is 2.26. The van der Waals surface area contributed by atoms with Gasteiger partial charge in [0.2, 0.25) is 0 Å². The maximum Gasteiger partial charge on any atom is 0.122 e. The van der Waals surface area contributed by atoms with E-state index in [-0.39, 0.29) is 0 Å². The van der Waals surface area contributed by atoms with Crippen molar-refractivity contribution in [1.82, 2.24) is 5.01 Å². The van der Waals surface area contributed by atoms with Gasteiger partial charge in [-0.15, -0.1) is 0 Å². The molecular formula is C10H17N3O. The Morgan fingerprint density at radius 2 is 2.36 bits per heavy atom. The van der Waals surface area contributed by atoms with Gasteiger partial charge in [0, 0.05) is 25.1 Å². The lowest BCUT2D eigenvalue weighted by Crippen LogP contribution is -2.37. The first kappa shape index (κ1) is 9.49. The molecule has 0 bridgehead atoms. The van der Waals surface area contributed by atoms with Gasteiger partial charge in [0.1, 0.15) is 6.61 Å². The number of hydrogen-bond acceptors (Lipinski definition) is 4. The van der Waals surface area contributed by atoms with Crippen molar-refractivity contribution >= 4 is 11.4 Å². The van der Waals surface area contributed by atoms with Crippen LogP contribution in [0.5, 0.6) is 0 Å². The zero-order chi connectivity index (χ0) is 10.1. The number of oxime groups is 1. The molecule has 0 aliphatic carbocycles. The first-order valence-electron chi connectivity index (χ1n) is 5.20. The van der Waals surface area contributed by atoms with Gasteiger partial charge in [-0.05, 0) is 13.3 Å². The van der Waals surface area contributed by atoms with Crippen LogP contribution in [0.1, 0.15) is 26.7 Å². The van der Waals surface area contributed by atoms with Crippen LogP contribution in [0.15, 0.2) is 10.3 Å². The van der Waals surface area contributed by atoms with Crippen molar-refractivity contribution in [2.75, 3.05) is 13.7 Å². The van der Waals surface area contributed by atoms with Crippen molar-refractivity contribution in [3.63, 3.8) is 0 Å². The summed E-state index contributed by atoms with van der Waals surface area (Å²) in [5.74, 6) is 0.514. The summed E-state index contributed by atoms with van der Waals surface area (Å²) >= 11 is 0. The Bertz CT molecular complexity index is 285. The fourth-order valence-electron chi connectivity index (χ4n) is 2.37. The first-order valence-corrected chi connectivity index (χ1v) is 5.20. The summed E-state index contributed by atoms with van der Waals surface area (Å²) in [4.78, 5) is 5.06. The Balaban J connectivity index is 2.18. The molecule has 0 saturated heterocycles. The van der Waals surface area contributed by atoms with Crippen LogP contribution < -0.4 is 0 Å². The summed E-state index contributed by atoms with van der Waals surface area (Å²) in [5.41, 5.74) is 2.37. The third-order valence-corrected chi connectivity index (χ3v) is 3.05. The summed E-state index contributed by atoms with van der Waals surface area (Å²) in [5, 5.41) is 10.6. The maximum atomic E-state index is 5.06. The quantitative estimate of drug-likeness (QED) is 0.669. The number of rotatable bonds is 2. The van der Waals surface area contributed by atoms with E-state index in [2.05, 4.69) is 24.1 Å². The van der Waals surface area contributed by atoms with E-state index in [1.165, 1.54) is 5.71 Å². The molecule has 4 nitrogen and oxygen atoms in total. The SMILES string of the molecule is CCC1C(C)=NN(C)C1C1=NOCC1. The van der Waals surface area contributed by atoms with Gasteiger partial charge in [-0.25, -0.2) is 0 Å². The smallest absolute Gasteiger partial charge is 0.122 e. The normalized spacial score (nSPS) is 31.5. The summed E-state index contributed by atoms with van der Waals surface area (Å²) in [6, 6.07) is 0.336. The van der Waals surface area contributed by atoms with Crippen molar-refractivity contribution in [1.29, 1.82) is 0 Å². The van der Waals surface area contributed by atoms with Gasteiger partial charge >= 0.3 is 0 Å². The fourth-order valence-corrected chi connectivity index (χ4v) is 2.37. The van der Waals surface area contributed by atoms with Crippen molar-refractivity contribution < 1.29 is 4.84 Å². The Kier molecular flexibility index (Phi) is 2.44. The Labute approximate surface area is 84.6 Å². The van der Waals surface area contributed by atoms with Gasteiger partial charge in [-0.2, -0.15) is 5.10 Å². The zero-order valence-electron chi connectivity index (χ0n) is 9.03. The highest BCUT2D eigenvalue weighted by atomic mass is 16.6. The molecule has 2 heterocycles. The molecule has 2 unspecified atom stereocenters. The van der Waals surface area contributed by atoms with Crippen LogP contribution in [0.2, 0.25) is 0 Å². The van der Waals surface area contributed by atoms with E-state index in [4.69, 9.17) is 4.84 Å². The predicted molar refractivity (Wildman–Crippen MR) is 56.4 cm³/mol. The van der Waals surface area contributed by atoms with Gasteiger partial charge in [0.05, 0.1) is 11.8 Å². The molecule has 2 aliphatic rings. The second-order valence-electron chi connectivity index (χ2n) is 3.94. The van der Waals surface area contributed by atoms with Gasteiger partial charge < -0.3 is 4.84 Å². The summed E-state index contributed by atoms with van der Waals surface area (Å²) in [7, 11) is 2.02. The van der Waals surface area contributed by atoms with Crippen LogP contribution in [-0.4, -0.2) is 36.1 Å². The van der Waals surface area contributed by atoms with Crippen LogP contribution in [0.4, 0.5) is 0 Å². The third kappa shape index (κ3) is 1.38. The number of nitrogens with zero attached hydrogens (tertiary/aromatic N) is 3. The van der Waals surface area contributed by atoms with E-state index >= 15 is 0 Å². The average molecular weight is 195 g/mol. The van der Waals surface area contributed by atoms with E-state index in [1.54, 1.807) is 0 Å². The minimum Gasteiger partial charge on any atom is -0.395 e. The molecule has 4 heteroatoms. The molecule has 0 aromatic rings. The lowest BCUT2D eigenvalue weighted by molar-refractivity contribution is 0.173.